The van der Waals surface area contributed by atoms with Crippen molar-refractivity contribution in [2.75, 3.05) is 0 Å². The molecule has 0 radical (unpaired) electrons. The molecule has 1 unspecified atom stereocenters. The van der Waals surface area contributed by atoms with Gasteiger partial charge < -0.3 is 10.1 Å². The molecule has 2 aromatic rings. The molecule has 1 aromatic carbocycles. The van der Waals surface area contributed by atoms with Crippen molar-refractivity contribution in [2.45, 2.75) is 64.3 Å². The summed E-state index contributed by atoms with van der Waals surface area (Å²) in [5, 5.41) is 12.9. The van der Waals surface area contributed by atoms with E-state index in [0.717, 1.165) is 6.42 Å². The number of nitriles is 1. The zero-order valence-corrected chi connectivity index (χ0v) is 22.0. The van der Waals surface area contributed by atoms with E-state index in [9.17, 15) is 19.2 Å². The molecule has 7 nitrogen and oxygen atoms in total. The fourth-order valence-corrected chi connectivity index (χ4v) is 6.49. The summed E-state index contributed by atoms with van der Waals surface area (Å²) < 4.78 is 20.6. The van der Waals surface area contributed by atoms with Gasteiger partial charge in [-0.3, -0.25) is 9.69 Å². The van der Waals surface area contributed by atoms with Gasteiger partial charge in [0.25, 0.3) is 0 Å². The van der Waals surface area contributed by atoms with E-state index >= 15 is 0 Å². The summed E-state index contributed by atoms with van der Waals surface area (Å²) in [7, 11) is 0. The minimum Gasteiger partial charge on any atom is -0.444 e. The number of likely N-dealkylation sites (tertiary alicyclic amines) is 1. The minimum atomic E-state index is -0.947. The van der Waals surface area contributed by atoms with Crippen LogP contribution in [0, 0.1) is 40.8 Å². The van der Waals surface area contributed by atoms with E-state index in [2.05, 4.69) is 23.3 Å². The van der Waals surface area contributed by atoms with Crippen LogP contribution in [0.2, 0.25) is 5.15 Å². The molecule has 2 heterocycles. The van der Waals surface area contributed by atoms with Gasteiger partial charge in [0.15, 0.2) is 0 Å². The van der Waals surface area contributed by atoms with Gasteiger partial charge in [-0.15, -0.1) is 0 Å². The molecule has 1 aliphatic heterocycles. The van der Waals surface area contributed by atoms with Crippen LogP contribution in [0.5, 0.6) is 0 Å². The molecule has 3 fully saturated rings. The number of benzene rings is 1. The maximum Gasteiger partial charge on any atom is 0.411 e. The summed E-state index contributed by atoms with van der Waals surface area (Å²) in [6, 6.07) is 8.53. The van der Waals surface area contributed by atoms with Crippen molar-refractivity contribution in [1.29, 1.82) is 5.26 Å². The summed E-state index contributed by atoms with van der Waals surface area (Å²) >= 11 is 5.83. The minimum absolute atomic E-state index is 0.00291. The average molecular weight is 525 g/mol. The second kappa shape index (κ2) is 9.29. The number of piperidine rings is 1. The van der Waals surface area contributed by atoms with Crippen molar-refractivity contribution >= 4 is 23.6 Å². The molecule has 3 aliphatic rings. The topological polar surface area (TPSA) is 95.3 Å². The van der Waals surface area contributed by atoms with Gasteiger partial charge in [-0.25, -0.2) is 14.2 Å². The zero-order valence-electron chi connectivity index (χ0n) is 21.2. The highest BCUT2D eigenvalue weighted by atomic mass is 35.5. The lowest BCUT2D eigenvalue weighted by atomic mass is 9.94. The summed E-state index contributed by atoms with van der Waals surface area (Å²) in [4.78, 5) is 32.2. The second-order valence-corrected chi connectivity index (χ2v) is 11.8. The van der Waals surface area contributed by atoms with Crippen molar-refractivity contribution in [3.63, 3.8) is 0 Å². The molecular formula is C28H30ClFN4O3. The Morgan fingerprint density at radius 3 is 2.62 bits per heavy atom. The first-order valence-electron chi connectivity index (χ1n) is 12.6. The van der Waals surface area contributed by atoms with Crippen LogP contribution >= 0.6 is 11.6 Å². The smallest absolute Gasteiger partial charge is 0.411 e. The number of halogens is 2. The second-order valence-electron chi connectivity index (χ2n) is 11.4. The molecule has 1 N–H and O–H groups in total. The van der Waals surface area contributed by atoms with Crippen LogP contribution in [-0.2, 0) is 16.0 Å². The number of carbonyl (C=O) groups excluding carboxylic acids is 2. The summed E-state index contributed by atoms with van der Waals surface area (Å²) in [6.45, 7) is 7.55. The summed E-state index contributed by atoms with van der Waals surface area (Å²) in [5.41, 5.74) is 0.970. The maximum atomic E-state index is 15.0. The van der Waals surface area contributed by atoms with Gasteiger partial charge in [0.2, 0.25) is 5.91 Å². The van der Waals surface area contributed by atoms with Crippen LogP contribution in [0.15, 0.2) is 36.5 Å². The highest BCUT2D eigenvalue weighted by Gasteiger charge is 2.71. The first kappa shape index (κ1) is 25.5. The van der Waals surface area contributed by atoms with Crippen LogP contribution in [0.4, 0.5) is 9.18 Å². The number of nitrogens with one attached hydrogen (secondary N) is 1. The fourth-order valence-electron chi connectivity index (χ4n) is 6.38. The van der Waals surface area contributed by atoms with Crippen molar-refractivity contribution < 1.29 is 18.7 Å². The molecule has 2 bridgehead atoms. The van der Waals surface area contributed by atoms with Gasteiger partial charge in [0.05, 0.1) is 6.07 Å². The molecule has 2 aliphatic carbocycles. The van der Waals surface area contributed by atoms with E-state index < -0.39 is 29.6 Å². The normalized spacial score (nSPS) is 28.3. The Balaban J connectivity index is 1.30. The quantitative estimate of drug-likeness (QED) is 0.556. The van der Waals surface area contributed by atoms with E-state index in [1.54, 1.807) is 56.1 Å². The lowest BCUT2D eigenvalue weighted by Gasteiger charge is -2.35. The molecule has 2 saturated carbocycles. The molecule has 37 heavy (non-hydrogen) atoms. The molecule has 0 spiro atoms. The standard InChI is InChI=1S/C28H30ClFN4O3/c1-14-23-19-11-21(24(14)23)34(27(36)37-28(2,3)4)25(19)26(35)33-18(12-31)9-16-6-5-15(10-20(16)30)17-7-8-22(29)32-13-17/h5-8,10,13-14,18-19,21,23-25H,9,11H2,1-4H3,(H,33,35)/t14-,18-,19+,21-,23?,24+,25-/m0/s1. The van der Waals surface area contributed by atoms with E-state index in [4.69, 9.17) is 16.3 Å². The first-order valence-corrected chi connectivity index (χ1v) is 13.0. The number of amides is 2. The Labute approximate surface area is 221 Å². The Hall–Kier alpha value is -3.18. The number of hydrogen-bond acceptors (Lipinski definition) is 5. The molecule has 1 aromatic heterocycles. The Bertz CT molecular complexity index is 1270. The molecule has 194 valence electrons. The van der Waals surface area contributed by atoms with Crippen molar-refractivity contribution in [3.05, 3.63) is 53.1 Å². The van der Waals surface area contributed by atoms with Crippen molar-refractivity contribution in [2.24, 2.45) is 23.7 Å². The van der Waals surface area contributed by atoms with Gasteiger partial charge in [-0.1, -0.05) is 30.7 Å². The van der Waals surface area contributed by atoms with Crippen LogP contribution < -0.4 is 5.32 Å². The number of pyridine rings is 1. The van der Waals surface area contributed by atoms with E-state index in [-0.39, 0.29) is 24.3 Å². The molecule has 1 saturated heterocycles. The van der Waals surface area contributed by atoms with E-state index in [1.165, 1.54) is 6.07 Å². The number of ether oxygens (including phenoxy) is 1. The fraction of sp³-hybridized carbons (Fsp3) is 0.500. The van der Waals surface area contributed by atoms with Gasteiger partial charge in [0.1, 0.15) is 28.7 Å². The van der Waals surface area contributed by atoms with Crippen molar-refractivity contribution in [1.82, 2.24) is 15.2 Å². The zero-order chi connectivity index (χ0) is 26.6. The van der Waals surface area contributed by atoms with Gasteiger partial charge in [-0.05, 0) is 80.2 Å². The third-order valence-corrected chi connectivity index (χ3v) is 8.14. The SMILES string of the molecule is C[C@H]1C2[C@H]1[C@@H]1C[C@H]2[C@@H](C(=O)N[C@H](C#N)Cc2ccc(-c3ccc(Cl)nc3)cc2F)N1C(=O)OC(C)(C)C. The maximum absolute atomic E-state index is 15.0. The molecule has 5 rings (SSSR count). The highest BCUT2D eigenvalue weighted by Crippen LogP contribution is 2.67. The van der Waals surface area contributed by atoms with Crippen LogP contribution in [0.25, 0.3) is 11.1 Å². The lowest BCUT2D eigenvalue weighted by molar-refractivity contribution is -0.128. The molecule has 7 atom stereocenters. The number of fused-ring (bicyclic) bond motifs is 5. The average Bonchev–Trinajstić information content (AvgIpc) is 3.18. The van der Waals surface area contributed by atoms with Crippen molar-refractivity contribution in [3.8, 4) is 17.2 Å². The number of hydrogen-bond donors (Lipinski definition) is 1. The Morgan fingerprint density at radius 1 is 1.27 bits per heavy atom. The van der Waals surface area contributed by atoms with E-state index in [1.807, 2.05) is 0 Å². The number of carbonyl (C=O) groups is 2. The van der Waals surface area contributed by atoms with Gasteiger partial charge in [-0.2, -0.15) is 5.26 Å². The third kappa shape index (κ3) is 4.77. The third-order valence-electron chi connectivity index (χ3n) is 7.92. The monoisotopic (exact) mass is 524 g/mol. The highest BCUT2D eigenvalue weighted by molar-refractivity contribution is 6.29. The molecule has 9 heteroatoms. The number of nitrogens with zero attached hydrogens (tertiary/aromatic N) is 3. The predicted octanol–water partition coefficient (Wildman–Crippen LogP) is 4.98. The number of aromatic nitrogens is 1. The summed E-state index contributed by atoms with van der Waals surface area (Å²) in [5.74, 6) is 0.449. The Kier molecular flexibility index (Phi) is 6.39. The first-order chi connectivity index (χ1) is 17.5. The van der Waals surface area contributed by atoms with Crippen LogP contribution in [0.3, 0.4) is 0 Å². The van der Waals surface area contributed by atoms with Gasteiger partial charge >= 0.3 is 6.09 Å². The van der Waals surface area contributed by atoms with Crippen LogP contribution in [-0.4, -0.2) is 45.6 Å². The van der Waals surface area contributed by atoms with Crippen LogP contribution in [0.1, 0.15) is 39.7 Å². The Morgan fingerprint density at radius 2 is 2.00 bits per heavy atom. The predicted molar refractivity (Wildman–Crippen MR) is 136 cm³/mol. The van der Waals surface area contributed by atoms with E-state index in [0.29, 0.717) is 39.6 Å². The lowest BCUT2D eigenvalue weighted by Crippen LogP contribution is -2.56. The largest absolute Gasteiger partial charge is 0.444 e. The summed E-state index contributed by atoms with van der Waals surface area (Å²) in [6.07, 6.45) is 1.84. The number of rotatable bonds is 5. The molecular weight excluding hydrogens is 495 g/mol. The molecule has 2 amide bonds. The van der Waals surface area contributed by atoms with Gasteiger partial charge in [0, 0.05) is 24.2 Å².